The highest BCUT2D eigenvalue weighted by Crippen LogP contribution is 2.38. The summed E-state index contributed by atoms with van der Waals surface area (Å²) in [6, 6.07) is 12.6. The Bertz CT molecular complexity index is 1840. The van der Waals surface area contributed by atoms with Crippen molar-refractivity contribution in [1.82, 2.24) is 15.1 Å². The fourth-order valence-electron chi connectivity index (χ4n) is 5.64. The van der Waals surface area contributed by atoms with E-state index in [9.17, 15) is 29.3 Å². The van der Waals surface area contributed by atoms with Gasteiger partial charge in [-0.3, -0.25) is 24.6 Å². The molecule has 53 heavy (non-hydrogen) atoms. The van der Waals surface area contributed by atoms with Crippen molar-refractivity contribution >= 4 is 41.3 Å². The lowest BCUT2D eigenvalue weighted by Crippen LogP contribution is -2.49. The first-order valence-electron chi connectivity index (χ1n) is 16.6. The third-order valence-corrected chi connectivity index (χ3v) is 9.50. The molecular formula is C37H44N4O11S. The number of hydrogen-bond acceptors (Lipinski definition) is 12. The number of ether oxygens (including phenoxy) is 5. The van der Waals surface area contributed by atoms with Gasteiger partial charge in [0.25, 0.3) is 5.69 Å². The maximum Gasteiger partial charge on any atom is 0.345 e. The average Bonchev–Trinajstić information content (AvgIpc) is 3.24. The number of rotatable bonds is 13. The number of esters is 1. The van der Waals surface area contributed by atoms with Gasteiger partial charge in [0.15, 0.2) is 0 Å². The third-order valence-electron chi connectivity index (χ3n) is 8.27. The van der Waals surface area contributed by atoms with Crippen LogP contribution >= 0.6 is 11.8 Å². The minimum Gasteiger partial charge on any atom is -0.496 e. The fraction of sp³-hybridized carbons (Fsp3) is 0.405. The van der Waals surface area contributed by atoms with Crippen LogP contribution in [0, 0.1) is 10.1 Å². The average molecular weight is 753 g/mol. The molecule has 3 aromatic rings. The number of amides is 4. The second kappa shape index (κ2) is 17.3. The molecule has 2 atom stereocenters. The first kappa shape index (κ1) is 40.3. The lowest BCUT2D eigenvalue weighted by Gasteiger charge is -2.25. The van der Waals surface area contributed by atoms with Gasteiger partial charge in [-0.05, 0) is 51.0 Å². The first-order chi connectivity index (χ1) is 25.1. The SMILES string of the molecule is CC[C@@H](NC(=O)N1CC(=O)N(Cc2c(OC)cc(OC)cc2OC)C[C@@H](Sc2ccccc2OC)C1=O)c1ccc(C(=O)OC(C)(C)C)c([N+](=O)[O-])c1. The van der Waals surface area contributed by atoms with Crippen LogP contribution in [-0.2, 0) is 20.9 Å². The highest BCUT2D eigenvalue weighted by Gasteiger charge is 2.40. The molecule has 0 radical (unpaired) electrons. The Kier molecular flexibility index (Phi) is 13.2. The van der Waals surface area contributed by atoms with Gasteiger partial charge in [-0.2, -0.15) is 0 Å². The largest absolute Gasteiger partial charge is 0.496 e. The van der Waals surface area contributed by atoms with E-state index in [1.807, 2.05) is 0 Å². The topological polar surface area (TPSA) is 176 Å². The van der Waals surface area contributed by atoms with E-state index in [1.165, 1.54) is 51.5 Å². The van der Waals surface area contributed by atoms with Crippen LogP contribution in [0.4, 0.5) is 10.5 Å². The van der Waals surface area contributed by atoms with Crippen molar-refractivity contribution in [3.05, 3.63) is 81.4 Å². The van der Waals surface area contributed by atoms with Crippen LogP contribution in [0.1, 0.15) is 61.6 Å². The smallest absolute Gasteiger partial charge is 0.345 e. The highest BCUT2D eigenvalue weighted by molar-refractivity contribution is 8.00. The normalized spacial score (nSPS) is 15.3. The van der Waals surface area contributed by atoms with E-state index in [-0.39, 0.29) is 25.1 Å². The van der Waals surface area contributed by atoms with Gasteiger partial charge < -0.3 is 33.9 Å². The maximum absolute atomic E-state index is 14.3. The summed E-state index contributed by atoms with van der Waals surface area (Å²) in [5.41, 5.74) is -0.791. The van der Waals surface area contributed by atoms with E-state index in [1.54, 1.807) is 64.1 Å². The van der Waals surface area contributed by atoms with Crippen molar-refractivity contribution in [1.29, 1.82) is 0 Å². The lowest BCUT2D eigenvalue weighted by molar-refractivity contribution is -0.385. The van der Waals surface area contributed by atoms with E-state index in [4.69, 9.17) is 23.7 Å². The zero-order chi connectivity index (χ0) is 39.0. The molecule has 0 spiro atoms. The molecule has 0 aromatic heterocycles. The number of para-hydroxylation sites is 1. The summed E-state index contributed by atoms with van der Waals surface area (Å²) in [6.45, 7) is 5.98. The minimum atomic E-state index is -0.965. The number of hydrogen-bond donors (Lipinski definition) is 1. The summed E-state index contributed by atoms with van der Waals surface area (Å²) in [5.74, 6) is -0.260. The Balaban J connectivity index is 1.69. The van der Waals surface area contributed by atoms with Crippen LogP contribution in [-0.4, -0.2) is 90.9 Å². The zero-order valence-corrected chi connectivity index (χ0v) is 31.7. The van der Waals surface area contributed by atoms with E-state index in [0.29, 0.717) is 39.0 Å². The van der Waals surface area contributed by atoms with Gasteiger partial charge in [0.05, 0.1) is 56.4 Å². The summed E-state index contributed by atoms with van der Waals surface area (Å²) in [4.78, 5) is 69.2. The molecule has 0 bridgehead atoms. The number of urea groups is 1. The monoisotopic (exact) mass is 752 g/mol. The molecule has 16 heteroatoms. The number of imide groups is 1. The standard InChI is InChI=1S/C37H44N4O11S/c1-9-26(22-14-15-24(27(16-22)41(46)47)35(44)52-37(2,3)4)38-36(45)40-21-33(42)39(19-25-29(50-7)17-23(48-5)18-30(25)51-8)20-32(34(40)43)53-31-13-11-10-12-28(31)49-6/h10-18,26,32H,9,19-21H2,1-8H3,(H,38,45)/t26-,32-/m1/s1. The van der Waals surface area contributed by atoms with Crippen molar-refractivity contribution in [2.45, 2.75) is 62.4 Å². The third kappa shape index (κ3) is 9.68. The second-order valence-electron chi connectivity index (χ2n) is 12.9. The number of nitrogens with one attached hydrogen (secondary N) is 1. The molecule has 1 heterocycles. The van der Waals surface area contributed by atoms with Gasteiger partial charge >= 0.3 is 12.0 Å². The van der Waals surface area contributed by atoms with Crippen LogP contribution in [0.15, 0.2) is 59.5 Å². The van der Waals surface area contributed by atoms with Gasteiger partial charge in [-0.15, -0.1) is 11.8 Å². The molecule has 4 rings (SSSR count). The molecule has 1 N–H and O–H groups in total. The molecule has 284 valence electrons. The summed E-state index contributed by atoms with van der Waals surface area (Å²) in [6.07, 6.45) is 0.257. The van der Waals surface area contributed by atoms with Crippen LogP contribution in [0.25, 0.3) is 0 Å². The molecule has 0 aliphatic carbocycles. The van der Waals surface area contributed by atoms with Crippen LogP contribution < -0.4 is 24.3 Å². The highest BCUT2D eigenvalue weighted by atomic mass is 32.2. The molecule has 0 unspecified atom stereocenters. The van der Waals surface area contributed by atoms with Gasteiger partial charge in [0, 0.05) is 24.7 Å². The van der Waals surface area contributed by atoms with E-state index in [0.717, 1.165) is 16.7 Å². The van der Waals surface area contributed by atoms with Crippen LogP contribution in [0.5, 0.6) is 23.0 Å². The molecule has 1 aliphatic heterocycles. The molecule has 3 aromatic carbocycles. The molecule has 1 aliphatic rings. The molecule has 4 amide bonds. The molecule has 1 fully saturated rings. The number of methoxy groups -OCH3 is 4. The molecule has 1 saturated heterocycles. The summed E-state index contributed by atoms with van der Waals surface area (Å²) in [7, 11) is 5.95. The number of benzene rings is 3. The van der Waals surface area contributed by atoms with Crippen LogP contribution in [0.2, 0.25) is 0 Å². The predicted octanol–water partition coefficient (Wildman–Crippen LogP) is 5.78. The van der Waals surface area contributed by atoms with Gasteiger partial charge in [-0.1, -0.05) is 25.1 Å². The quantitative estimate of drug-likeness (QED) is 0.127. The zero-order valence-electron chi connectivity index (χ0n) is 30.9. The molecule has 15 nitrogen and oxygen atoms in total. The van der Waals surface area contributed by atoms with E-state index in [2.05, 4.69) is 5.32 Å². The summed E-state index contributed by atoms with van der Waals surface area (Å²) < 4.78 is 27.4. The summed E-state index contributed by atoms with van der Waals surface area (Å²) >= 11 is 1.14. The minimum absolute atomic E-state index is 0.0217. The van der Waals surface area contributed by atoms with Crippen molar-refractivity contribution in [2.24, 2.45) is 0 Å². The maximum atomic E-state index is 14.3. The second-order valence-corrected chi connectivity index (χ2v) is 14.2. The van der Waals surface area contributed by atoms with Crippen molar-refractivity contribution < 1.29 is 47.8 Å². The number of nitrogens with zero attached hydrogens (tertiary/aromatic N) is 3. The van der Waals surface area contributed by atoms with Crippen molar-refractivity contribution in [3.63, 3.8) is 0 Å². The Labute approximate surface area is 312 Å². The first-order valence-corrected chi connectivity index (χ1v) is 17.5. The Hall–Kier alpha value is -5.51. The van der Waals surface area contributed by atoms with E-state index >= 15 is 0 Å². The number of nitro benzene ring substituents is 1. The van der Waals surface area contributed by atoms with Gasteiger partial charge in [0.1, 0.15) is 46.0 Å². The molecule has 0 saturated carbocycles. The van der Waals surface area contributed by atoms with Gasteiger partial charge in [-0.25, -0.2) is 9.59 Å². The Morgan fingerprint density at radius 3 is 2.17 bits per heavy atom. The van der Waals surface area contributed by atoms with E-state index < -0.39 is 57.9 Å². The van der Waals surface area contributed by atoms with Crippen molar-refractivity contribution in [3.8, 4) is 23.0 Å². The fourth-order valence-corrected chi connectivity index (χ4v) is 6.86. The van der Waals surface area contributed by atoms with Gasteiger partial charge in [0.2, 0.25) is 11.8 Å². The number of nitro groups is 1. The van der Waals surface area contributed by atoms with Crippen molar-refractivity contribution in [2.75, 3.05) is 41.5 Å². The Morgan fingerprint density at radius 1 is 0.962 bits per heavy atom. The number of carbonyl (C=O) groups excluding carboxylic acids is 4. The predicted molar refractivity (Wildman–Crippen MR) is 196 cm³/mol. The Morgan fingerprint density at radius 2 is 1.60 bits per heavy atom. The molecular weight excluding hydrogens is 708 g/mol. The number of thioether (sulfide) groups is 1. The summed E-state index contributed by atoms with van der Waals surface area (Å²) in [5, 5.41) is 13.8. The lowest BCUT2D eigenvalue weighted by atomic mass is 10.0. The van der Waals surface area contributed by atoms with Crippen LogP contribution in [0.3, 0.4) is 0 Å². The number of carbonyl (C=O) groups is 4.